The first-order valence-corrected chi connectivity index (χ1v) is 12.2. The highest BCUT2D eigenvalue weighted by Crippen LogP contribution is 2.36. The Labute approximate surface area is 220 Å². The van der Waals surface area contributed by atoms with Gasteiger partial charge in [-0.05, 0) is 55.8 Å². The molecule has 2 amide bonds. The number of rotatable bonds is 9. The molecule has 8 nitrogen and oxygen atoms in total. The van der Waals surface area contributed by atoms with E-state index in [4.69, 9.17) is 21.1 Å². The Hall–Kier alpha value is -4.30. The molecular formula is C28H27ClN4O4. The molecule has 0 aliphatic carbocycles. The highest BCUT2D eigenvalue weighted by molar-refractivity contribution is 6.33. The maximum atomic E-state index is 13.1. The molecule has 1 aliphatic rings. The van der Waals surface area contributed by atoms with E-state index in [-0.39, 0.29) is 12.5 Å². The molecule has 9 heteroatoms. The van der Waals surface area contributed by atoms with Crippen molar-refractivity contribution < 1.29 is 19.1 Å². The highest BCUT2D eigenvalue weighted by Gasteiger charge is 2.17. The first-order chi connectivity index (χ1) is 18.0. The summed E-state index contributed by atoms with van der Waals surface area (Å²) in [5, 5.41) is 7.12. The van der Waals surface area contributed by atoms with Gasteiger partial charge >= 0.3 is 0 Å². The number of hydrogen-bond acceptors (Lipinski definition) is 6. The van der Waals surface area contributed by atoms with Crippen molar-refractivity contribution in [3.05, 3.63) is 94.1 Å². The van der Waals surface area contributed by atoms with E-state index in [9.17, 15) is 9.59 Å². The fourth-order valence-corrected chi connectivity index (χ4v) is 3.93. The minimum Gasteiger partial charge on any atom is -0.454 e. The third-order valence-electron chi connectivity index (χ3n) is 5.72. The lowest BCUT2D eigenvalue weighted by Crippen LogP contribution is -2.32. The Morgan fingerprint density at radius 3 is 2.35 bits per heavy atom. The SMILES string of the molecule is CCN(CC)c1ccc(/C=C(/NC(=O)c2ccccc2)C(=O)N/N=C\c2cc3c(cc2Cl)OCO3)cc1. The zero-order valence-corrected chi connectivity index (χ0v) is 21.3. The summed E-state index contributed by atoms with van der Waals surface area (Å²) < 4.78 is 10.7. The minimum atomic E-state index is -0.592. The molecule has 1 heterocycles. The van der Waals surface area contributed by atoms with Crippen LogP contribution in [0.25, 0.3) is 6.08 Å². The second-order valence-corrected chi connectivity index (χ2v) is 8.48. The lowest BCUT2D eigenvalue weighted by Gasteiger charge is -2.20. The number of nitrogens with zero attached hydrogens (tertiary/aromatic N) is 2. The van der Waals surface area contributed by atoms with Crippen LogP contribution in [0, 0.1) is 0 Å². The molecule has 0 fully saturated rings. The molecular weight excluding hydrogens is 492 g/mol. The van der Waals surface area contributed by atoms with Crippen molar-refractivity contribution in [1.29, 1.82) is 0 Å². The molecule has 4 rings (SSSR count). The van der Waals surface area contributed by atoms with Gasteiger partial charge in [-0.15, -0.1) is 0 Å². The first-order valence-electron chi connectivity index (χ1n) is 11.8. The molecule has 0 saturated carbocycles. The van der Waals surface area contributed by atoms with Crippen LogP contribution >= 0.6 is 11.6 Å². The summed E-state index contributed by atoms with van der Waals surface area (Å²) in [5.41, 5.74) is 5.29. The van der Waals surface area contributed by atoms with Gasteiger partial charge in [-0.25, -0.2) is 5.43 Å². The number of fused-ring (bicyclic) bond motifs is 1. The number of carbonyl (C=O) groups is 2. The van der Waals surface area contributed by atoms with E-state index in [1.165, 1.54) is 6.21 Å². The van der Waals surface area contributed by atoms with E-state index in [2.05, 4.69) is 34.6 Å². The summed E-state index contributed by atoms with van der Waals surface area (Å²) in [6.45, 7) is 6.08. The van der Waals surface area contributed by atoms with E-state index in [0.29, 0.717) is 27.6 Å². The number of anilines is 1. The van der Waals surface area contributed by atoms with Gasteiger partial charge in [-0.2, -0.15) is 5.10 Å². The summed E-state index contributed by atoms with van der Waals surface area (Å²) in [7, 11) is 0. The summed E-state index contributed by atoms with van der Waals surface area (Å²) >= 11 is 6.27. The number of hydrazone groups is 1. The van der Waals surface area contributed by atoms with Gasteiger partial charge in [0.25, 0.3) is 11.8 Å². The Balaban J connectivity index is 1.54. The monoisotopic (exact) mass is 518 g/mol. The maximum absolute atomic E-state index is 13.1. The average molecular weight is 519 g/mol. The molecule has 1 aliphatic heterocycles. The second-order valence-electron chi connectivity index (χ2n) is 8.07. The molecule has 0 saturated heterocycles. The van der Waals surface area contributed by atoms with E-state index in [1.54, 1.807) is 42.5 Å². The molecule has 0 radical (unpaired) electrons. The zero-order chi connectivity index (χ0) is 26.2. The molecule has 0 spiro atoms. The Bertz CT molecular complexity index is 1320. The number of benzene rings is 3. The van der Waals surface area contributed by atoms with Gasteiger partial charge in [0.05, 0.1) is 11.2 Å². The topological polar surface area (TPSA) is 92.3 Å². The number of hydrogen-bond donors (Lipinski definition) is 2. The van der Waals surface area contributed by atoms with Crippen molar-refractivity contribution in [3.63, 3.8) is 0 Å². The number of carbonyl (C=O) groups excluding carboxylic acids is 2. The van der Waals surface area contributed by atoms with Crippen LogP contribution in [0.4, 0.5) is 5.69 Å². The van der Waals surface area contributed by atoms with E-state index in [0.717, 1.165) is 24.3 Å². The fourth-order valence-electron chi connectivity index (χ4n) is 3.73. The van der Waals surface area contributed by atoms with Gasteiger partial charge < -0.3 is 19.7 Å². The summed E-state index contributed by atoms with van der Waals surface area (Å²) in [6.07, 6.45) is 3.00. The van der Waals surface area contributed by atoms with Crippen molar-refractivity contribution in [3.8, 4) is 11.5 Å². The number of ether oxygens (including phenoxy) is 2. The molecule has 0 bridgehead atoms. The van der Waals surface area contributed by atoms with Gasteiger partial charge in [0, 0.05) is 36.0 Å². The van der Waals surface area contributed by atoms with Crippen LogP contribution in [0.2, 0.25) is 5.02 Å². The quantitative estimate of drug-likeness (QED) is 0.240. The van der Waals surface area contributed by atoms with Gasteiger partial charge in [-0.1, -0.05) is 41.9 Å². The fraction of sp³-hybridized carbons (Fsp3) is 0.179. The third kappa shape index (κ3) is 6.48. The number of nitrogens with one attached hydrogen (secondary N) is 2. The lowest BCUT2D eigenvalue weighted by molar-refractivity contribution is -0.117. The Morgan fingerprint density at radius 2 is 1.68 bits per heavy atom. The van der Waals surface area contributed by atoms with Crippen LogP contribution in [0.3, 0.4) is 0 Å². The van der Waals surface area contributed by atoms with Crippen molar-refractivity contribution in [1.82, 2.24) is 10.7 Å². The van der Waals surface area contributed by atoms with E-state index < -0.39 is 11.8 Å². The summed E-state index contributed by atoms with van der Waals surface area (Å²) in [4.78, 5) is 28.1. The van der Waals surface area contributed by atoms with Crippen LogP contribution in [-0.4, -0.2) is 37.9 Å². The van der Waals surface area contributed by atoms with Crippen molar-refractivity contribution in [2.45, 2.75) is 13.8 Å². The molecule has 190 valence electrons. The Kier molecular flexibility index (Phi) is 8.43. The second kappa shape index (κ2) is 12.1. The van der Waals surface area contributed by atoms with Gasteiger partial charge in [-0.3, -0.25) is 9.59 Å². The van der Waals surface area contributed by atoms with Crippen molar-refractivity contribution in [2.75, 3.05) is 24.8 Å². The van der Waals surface area contributed by atoms with Crippen molar-refractivity contribution >= 4 is 41.4 Å². The molecule has 3 aromatic carbocycles. The van der Waals surface area contributed by atoms with Gasteiger partial charge in [0.2, 0.25) is 6.79 Å². The summed E-state index contributed by atoms with van der Waals surface area (Å²) in [6, 6.07) is 19.7. The zero-order valence-electron chi connectivity index (χ0n) is 20.5. The van der Waals surface area contributed by atoms with Crippen LogP contribution in [0.1, 0.15) is 35.3 Å². The molecule has 37 heavy (non-hydrogen) atoms. The predicted octanol–water partition coefficient (Wildman–Crippen LogP) is 4.84. The molecule has 0 aromatic heterocycles. The van der Waals surface area contributed by atoms with Crippen LogP contribution < -0.4 is 25.1 Å². The van der Waals surface area contributed by atoms with Crippen molar-refractivity contribution in [2.24, 2.45) is 5.10 Å². The van der Waals surface area contributed by atoms with Crippen LogP contribution in [0.5, 0.6) is 11.5 Å². The average Bonchev–Trinajstić information content (AvgIpc) is 3.37. The smallest absolute Gasteiger partial charge is 0.287 e. The van der Waals surface area contributed by atoms with Crippen LogP contribution in [0.15, 0.2) is 77.5 Å². The van der Waals surface area contributed by atoms with E-state index in [1.807, 2.05) is 30.3 Å². The third-order valence-corrected chi connectivity index (χ3v) is 6.05. The summed E-state index contributed by atoms with van der Waals surface area (Å²) in [5.74, 6) is 0.0860. The normalized spacial score (nSPS) is 12.5. The maximum Gasteiger partial charge on any atom is 0.287 e. The Morgan fingerprint density at radius 1 is 1.00 bits per heavy atom. The number of halogens is 1. The largest absolute Gasteiger partial charge is 0.454 e. The van der Waals surface area contributed by atoms with Gasteiger partial charge in [0.15, 0.2) is 11.5 Å². The number of amides is 2. The highest BCUT2D eigenvalue weighted by atomic mass is 35.5. The lowest BCUT2D eigenvalue weighted by atomic mass is 10.1. The molecule has 0 atom stereocenters. The minimum absolute atomic E-state index is 0.0402. The first kappa shape index (κ1) is 25.8. The molecule has 2 N–H and O–H groups in total. The van der Waals surface area contributed by atoms with E-state index >= 15 is 0 Å². The molecule has 0 unspecified atom stereocenters. The standard InChI is InChI=1S/C28H27ClN4O4/c1-3-33(4-2)22-12-10-19(11-13-22)14-24(31-27(34)20-8-6-5-7-9-20)28(35)32-30-17-21-15-25-26(16-23(21)29)37-18-36-25/h5-17H,3-4,18H2,1-2H3,(H,31,34)(H,32,35)/b24-14+,30-17-. The van der Waals surface area contributed by atoms with Gasteiger partial charge in [0.1, 0.15) is 5.70 Å². The molecule has 3 aromatic rings. The predicted molar refractivity (Wildman–Crippen MR) is 145 cm³/mol. The van der Waals surface area contributed by atoms with Crippen LogP contribution in [-0.2, 0) is 4.79 Å².